The number of nitrogens with zero attached hydrogens (tertiary/aromatic N) is 3. The van der Waals surface area contributed by atoms with Crippen LogP contribution in [0.2, 0.25) is 0 Å². The molecule has 0 unspecified atom stereocenters. The van der Waals surface area contributed by atoms with E-state index < -0.39 is 17.7 Å². The van der Waals surface area contributed by atoms with Crippen LogP contribution in [-0.2, 0) is 10.9 Å². The molecule has 1 saturated carbocycles. The Balaban J connectivity index is 1.39. The number of hydrogen-bond acceptors (Lipinski definition) is 6. The lowest BCUT2D eigenvalue weighted by Crippen LogP contribution is -2.55. The molecular weight excluding hydrogens is 442 g/mol. The van der Waals surface area contributed by atoms with Crippen molar-refractivity contribution < 1.29 is 27.0 Å². The van der Waals surface area contributed by atoms with Crippen LogP contribution in [0.15, 0.2) is 30.6 Å². The number of nitrogens with one attached hydrogen (secondary N) is 2. The lowest BCUT2D eigenvalue weighted by molar-refractivity contribution is -0.140. The summed E-state index contributed by atoms with van der Waals surface area (Å²) in [5.41, 5.74) is -0.194. The Morgan fingerprint density at radius 1 is 1.18 bits per heavy atom. The average molecular weight is 463 g/mol. The van der Waals surface area contributed by atoms with Crippen LogP contribution in [0.3, 0.4) is 0 Å². The first kappa shape index (κ1) is 20.7. The fourth-order valence-electron chi connectivity index (χ4n) is 4.81. The van der Waals surface area contributed by atoms with Crippen molar-refractivity contribution in [3.05, 3.63) is 47.7 Å². The summed E-state index contributed by atoms with van der Waals surface area (Å²) in [6, 6.07) is 4.81. The number of halogens is 4. The molecule has 11 heteroatoms. The zero-order chi connectivity index (χ0) is 22.8. The monoisotopic (exact) mass is 463 g/mol. The number of aromatic nitrogens is 3. The van der Waals surface area contributed by atoms with Crippen molar-refractivity contribution in [3.63, 3.8) is 0 Å². The molecule has 0 radical (unpaired) electrons. The van der Waals surface area contributed by atoms with Crippen molar-refractivity contribution >= 4 is 16.9 Å². The molecule has 3 aromatic rings. The summed E-state index contributed by atoms with van der Waals surface area (Å²) >= 11 is 0. The highest BCUT2D eigenvalue weighted by Gasteiger charge is 2.50. The number of ether oxygens (including phenoxy) is 2. The van der Waals surface area contributed by atoms with Gasteiger partial charge >= 0.3 is 6.18 Å². The minimum Gasteiger partial charge on any atom is -0.491 e. The summed E-state index contributed by atoms with van der Waals surface area (Å²) in [6.07, 6.45) is -1.30. The van der Waals surface area contributed by atoms with Crippen LogP contribution >= 0.6 is 0 Å². The van der Waals surface area contributed by atoms with Crippen LogP contribution in [0, 0.1) is 5.82 Å². The van der Waals surface area contributed by atoms with Crippen LogP contribution in [0.5, 0.6) is 5.75 Å². The van der Waals surface area contributed by atoms with Crippen molar-refractivity contribution in [1.29, 1.82) is 0 Å². The summed E-state index contributed by atoms with van der Waals surface area (Å²) < 4.78 is 65.5. The first-order chi connectivity index (χ1) is 15.8. The Labute approximate surface area is 186 Å². The van der Waals surface area contributed by atoms with E-state index in [4.69, 9.17) is 9.47 Å². The van der Waals surface area contributed by atoms with Crippen LogP contribution < -0.4 is 10.1 Å². The number of rotatable bonds is 3. The topological polar surface area (TPSA) is 75.3 Å². The number of fused-ring (bicyclic) bond motifs is 2. The van der Waals surface area contributed by atoms with E-state index in [0.29, 0.717) is 25.5 Å². The molecule has 3 aliphatic rings. The quantitative estimate of drug-likeness (QED) is 0.574. The molecule has 2 aromatic heterocycles. The fraction of sp³-hybridized carbons (Fsp3) is 0.455. The van der Waals surface area contributed by atoms with Gasteiger partial charge in [-0.15, -0.1) is 0 Å². The molecule has 4 heterocycles. The maximum absolute atomic E-state index is 13.9. The van der Waals surface area contributed by atoms with Crippen LogP contribution in [-0.4, -0.2) is 57.8 Å². The molecule has 7 nitrogen and oxygen atoms in total. The van der Waals surface area contributed by atoms with E-state index in [-0.39, 0.29) is 34.5 Å². The maximum atomic E-state index is 13.9. The second-order valence-corrected chi connectivity index (χ2v) is 8.85. The molecule has 1 saturated heterocycles. The standard InChI is InChI=1S/C22H21F4N5O2/c23-12-1-2-13-16(7-12)32-9-15(31-5-6-33-21(10-31)3-4-21)18(13)30-20-14-8-17(22(24,25)26)29-19(14)27-11-28-20/h1-2,7-8,11,15,18H,3-6,9-10H2,(H2,27,28,29,30)/t15-,18-/m0/s1. The summed E-state index contributed by atoms with van der Waals surface area (Å²) in [7, 11) is 0. The van der Waals surface area contributed by atoms with E-state index in [1.165, 1.54) is 18.5 Å². The molecule has 1 spiro atoms. The van der Waals surface area contributed by atoms with Crippen LogP contribution in [0.4, 0.5) is 23.4 Å². The van der Waals surface area contributed by atoms with Gasteiger partial charge < -0.3 is 19.8 Å². The van der Waals surface area contributed by atoms with Crippen molar-refractivity contribution in [1.82, 2.24) is 19.9 Å². The van der Waals surface area contributed by atoms with E-state index >= 15 is 0 Å². The Morgan fingerprint density at radius 3 is 2.82 bits per heavy atom. The molecular formula is C22H21F4N5O2. The van der Waals surface area contributed by atoms with Gasteiger partial charge in [-0.2, -0.15) is 13.2 Å². The molecule has 33 heavy (non-hydrogen) atoms. The molecule has 174 valence electrons. The number of alkyl halides is 3. The molecule has 1 aromatic carbocycles. The average Bonchev–Trinajstić information content (AvgIpc) is 3.34. The zero-order valence-electron chi connectivity index (χ0n) is 17.5. The third-order valence-electron chi connectivity index (χ3n) is 6.68. The molecule has 2 atom stereocenters. The number of benzene rings is 1. The van der Waals surface area contributed by atoms with Gasteiger partial charge in [0.05, 0.1) is 29.7 Å². The third kappa shape index (κ3) is 3.68. The van der Waals surface area contributed by atoms with Gasteiger partial charge in [-0.05, 0) is 25.0 Å². The Kier molecular flexibility index (Phi) is 4.57. The van der Waals surface area contributed by atoms with Gasteiger partial charge in [-0.1, -0.05) is 6.07 Å². The molecule has 0 amide bonds. The molecule has 2 N–H and O–H groups in total. The first-order valence-electron chi connectivity index (χ1n) is 10.8. The van der Waals surface area contributed by atoms with Crippen molar-refractivity contribution in [2.24, 2.45) is 0 Å². The summed E-state index contributed by atoms with van der Waals surface area (Å²) in [5.74, 6) is 0.265. The predicted octanol–water partition coefficient (Wildman–Crippen LogP) is 3.89. The van der Waals surface area contributed by atoms with Gasteiger partial charge in [0.2, 0.25) is 0 Å². The number of anilines is 1. The zero-order valence-corrected chi connectivity index (χ0v) is 17.5. The Bertz CT molecular complexity index is 1210. The van der Waals surface area contributed by atoms with Crippen LogP contribution in [0.25, 0.3) is 11.0 Å². The largest absolute Gasteiger partial charge is 0.491 e. The van der Waals surface area contributed by atoms with E-state index in [9.17, 15) is 17.6 Å². The summed E-state index contributed by atoms with van der Waals surface area (Å²) in [4.78, 5) is 12.8. The van der Waals surface area contributed by atoms with Crippen LogP contribution in [0.1, 0.15) is 30.1 Å². The molecule has 1 aliphatic carbocycles. The molecule has 0 bridgehead atoms. The van der Waals surface area contributed by atoms with E-state index in [1.807, 2.05) is 0 Å². The van der Waals surface area contributed by atoms with Crippen molar-refractivity contribution in [3.8, 4) is 5.75 Å². The van der Waals surface area contributed by atoms with E-state index in [1.54, 1.807) is 6.07 Å². The molecule has 6 rings (SSSR count). The third-order valence-corrected chi connectivity index (χ3v) is 6.68. The Hall–Kier alpha value is -2.92. The van der Waals surface area contributed by atoms with Gasteiger partial charge in [-0.25, -0.2) is 14.4 Å². The molecule has 2 aliphatic heterocycles. The maximum Gasteiger partial charge on any atom is 0.431 e. The SMILES string of the molecule is Fc1ccc2c(c1)OC[C@H](N1CCOC3(CC3)C1)[C@H]2Nc1ncnc2[nH]c(C(F)(F)F)cc12. The number of H-pyrrole nitrogens is 1. The minimum absolute atomic E-state index is 0.0890. The number of hydrogen-bond donors (Lipinski definition) is 2. The lowest BCUT2D eigenvalue weighted by Gasteiger charge is -2.44. The second kappa shape index (κ2) is 7.29. The van der Waals surface area contributed by atoms with E-state index in [0.717, 1.165) is 31.0 Å². The number of morpholine rings is 1. The smallest absolute Gasteiger partial charge is 0.431 e. The van der Waals surface area contributed by atoms with Crippen molar-refractivity contribution in [2.75, 3.05) is 31.6 Å². The minimum atomic E-state index is -4.53. The lowest BCUT2D eigenvalue weighted by atomic mass is 9.94. The summed E-state index contributed by atoms with van der Waals surface area (Å²) in [5, 5.41) is 3.57. The molecule has 2 fully saturated rings. The second-order valence-electron chi connectivity index (χ2n) is 8.85. The van der Waals surface area contributed by atoms with Gasteiger partial charge in [-0.3, -0.25) is 4.90 Å². The first-order valence-corrected chi connectivity index (χ1v) is 10.8. The van der Waals surface area contributed by atoms with Gasteiger partial charge in [0.15, 0.2) is 0 Å². The highest BCUT2D eigenvalue weighted by Crippen LogP contribution is 2.45. The fourth-order valence-corrected chi connectivity index (χ4v) is 4.81. The van der Waals surface area contributed by atoms with Gasteiger partial charge in [0, 0.05) is 24.7 Å². The predicted molar refractivity (Wildman–Crippen MR) is 110 cm³/mol. The van der Waals surface area contributed by atoms with Crippen molar-refractivity contribution in [2.45, 2.75) is 36.7 Å². The summed E-state index contributed by atoms with van der Waals surface area (Å²) in [6.45, 7) is 2.35. The highest BCUT2D eigenvalue weighted by molar-refractivity contribution is 5.88. The van der Waals surface area contributed by atoms with Gasteiger partial charge in [0.1, 0.15) is 41.7 Å². The Morgan fingerprint density at radius 2 is 2.03 bits per heavy atom. The normalized spacial score (nSPS) is 24.5. The highest BCUT2D eigenvalue weighted by atomic mass is 19.4. The number of aromatic amines is 1. The van der Waals surface area contributed by atoms with E-state index in [2.05, 4.69) is 25.2 Å². The van der Waals surface area contributed by atoms with Gasteiger partial charge in [0.25, 0.3) is 0 Å².